The summed E-state index contributed by atoms with van der Waals surface area (Å²) in [6, 6.07) is 14.3. The number of nitrogens with one attached hydrogen (secondary N) is 1. The molecule has 0 aliphatic rings. The Balaban J connectivity index is 2.09. The molecule has 2 aromatic carbocycles. The van der Waals surface area contributed by atoms with E-state index in [1.807, 2.05) is 56.3 Å². The van der Waals surface area contributed by atoms with Crippen molar-refractivity contribution < 1.29 is 9.59 Å². The smallest absolute Gasteiger partial charge is 0.242 e. The van der Waals surface area contributed by atoms with Crippen LogP contribution >= 0.6 is 35.0 Å². The fourth-order valence-corrected chi connectivity index (χ4v) is 4.03. The van der Waals surface area contributed by atoms with Crippen molar-refractivity contribution >= 4 is 46.8 Å². The largest absolute Gasteiger partial charge is 0.352 e. The van der Waals surface area contributed by atoms with Gasteiger partial charge in [-0.2, -0.15) is 0 Å². The van der Waals surface area contributed by atoms with E-state index in [-0.39, 0.29) is 30.2 Å². The summed E-state index contributed by atoms with van der Waals surface area (Å²) in [6.07, 6.45) is 0. The monoisotopic (exact) mass is 452 g/mol. The highest BCUT2D eigenvalue weighted by molar-refractivity contribution is 7.99. The average Bonchev–Trinajstić information content (AvgIpc) is 2.66. The van der Waals surface area contributed by atoms with Gasteiger partial charge in [-0.1, -0.05) is 53.5 Å². The highest BCUT2D eigenvalue weighted by atomic mass is 35.5. The molecular formula is C22H26Cl2N2O2S. The molecule has 1 atom stereocenters. The lowest BCUT2D eigenvalue weighted by Crippen LogP contribution is -2.49. The maximum atomic E-state index is 13.0. The molecule has 0 bridgehead atoms. The lowest BCUT2D eigenvalue weighted by atomic mass is 10.1. The van der Waals surface area contributed by atoms with Crippen molar-refractivity contribution in [2.45, 2.75) is 45.2 Å². The summed E-state index contributed by atoms with van der Waals surface area (Å²) in [6.45, 7) is 5.81. The average molecular weight is 453 g/mol. The van der Waals surface area contributed by atoms with Gasteiger partial charge < -0.3 is 10.2 Å². The Bertz CT molecular complexity index is 845. The first-order chi connectivity index (χ1) is 13.8. The highest BCUT2D eigenvalue weighted by Gasteiger charge is 2.26. The van der Waals surface area contributed by atoms with Crippen molar-refractivity contribution in [3.05, 3.63) is 69.7 Å². The van der Waals surface area contributed by atoms with Gasteiger partial charge in [0.05, 0.1) is 5.75 Å². The van der Waals surface area contributed by atoms with Gasteiger partial charge in [-0.05, 0) is 50.1 Å². The Morgan fingerprint density at radius 2 is 1.79 bits per heavy atom. The van der Waals surface area contributed by atoms with Crippen LogP contribution < -0.4 is 5.32 Å². The Morgan fingerprint density at radius 3 is 2.45 bits per heavy atom. The number of hydrogen-bond acceptors (Lipinski definition) is 3. The molecule has 0 spiro atoms. The van der Waals surface area contributed by atoms with E-state index in [4.69, 9.17) is 23.2 Å². The zero-order chi connectivity index (χ0) is 21.4. The van der Waals surface area contributed by atoms with Gasteiger partial charge in [-0.3, -0.25) is 9.59 Å². The van der Waals surface area contributed by atoms with E-state index in [1.165, 1.54) is 11.8 Å². The van der Waals surface area contributed by atoms with Crippen molar-refractivity contribution in [1.82, 2.24) is 10.2 Å². The number of carbonyl (C=O) groups is 2. The van der Waals surface area contributed by atoms with Crippen molar-refractivity contribution in [1.29, 1.82) is 0 Å². The molecule has 0 fully saturated rings. The Morgan fingerprint density at radius 1 is 1.07 bits per heavy atom. The summed E-state index contributed by atoms with van der Waals surface area (Å²) in [5.41, 5.74) is 1.87. The van der Waals surface area contributed by atoms with Gasteiger partial charge >= 0.3 is 0 Å². The van der Waals surface area contributed by atoms with Gasteiger partial charge in [0.25, 0.3) is 0 Å². The SMILES string of the molecule is CC(C)NC(=O)[C@H](C)N(Cc1ccccc1Cl)C(=O)CSCc1cccc(Cl)c1. The fourth-order valence-electron chi connectivity index (χ4n) is 2.76. The molecule has 0 radical (unpaired) electrons. The zero-order valence-corrected chi connectivity index (χ0v) is 19.2. The Labute approximate surface area is 187 Å². The van der Waals surface area contributed by atoms with E-state index < -0.39 is 6.04 Å². The number of rotatable bonds is 9. The van der Waals surface area contributed by atoms with E-state index in [0.29, 0.717) is 15.8 Å². The molecule has 0 aromatic heterocycles. The van der Waals surface area contributed by atoms with Gasteiger partial charge in [0.1, 0.15) is 6.04 Å². The molecule has 2 rings (SSSR count). The third-order valence-corrected chi connectivity index (χ3v) is 5.87. The van der Waals surface area contributed by atoms with E-state index >= 15 is 0 Å². The summed E-state index contributed by atoms with van der Waals surface area (Å²) in [7, 11) is 0. The lowest BCUT2D eigenvalue weighted by molar-refractivity contribution is -0.138. The van der Waals surface area contributed by atoms with Crippen LogP contribution in [0.25, 0.3) is 0 Å². The molecule has 0 saturated carbocycles. The molecule has 0 unspecified atom stereocenters. The van der Waals surface area contributed by atoms with Crippen LogP contribution in [0.15, 0.2) is 48.5 Å². The minimum Gasteiger partial charge on any atom is -0.352 e. The van der Waals surface area contributed by atoms with Crippen molar-refractivity contribution in [3.63, 3.8) is 0 Å². The molecule has 0 heterocycles. The van der Waals surface area contributed by atoms with Crippen LogP contribution in [0.5, 0.6) is 0 Å². The van der Waals surface area contributed by atoms with E-state index in [0.717, 1.165) is 11.1 Å². The van der Waals surface area contributed by atoms with Crippen LogP contribution in [0.2, 0.25) is 10.0 Å². The van der Waals surface area contributed by atoms with Crippen LogP contribution in [-0.2, 0) is 21.9 Å². The van der Waals surface area contributed by atoms with E-state index in [2.05, 4.69) is 5.32 Å². The van der Waals surface area contributed by atoms with Crippen molar-refractivity contribution in [2.75, 3.05) is 5.75 Å². The summed E-state index contributed by atoms with van der Waals surface area (Å²) >= 11 is 13.8. The van der Waals surface area contributed by atoms with E-state index in [1.54, 1.807) is 17.9 Å². The molecule has 156 valence electrons. The van der Waals surface area contributed by atoms with Gasteiger partial charge in [0.15, 0.2) is 0 Å². The number of nitrogens with zero attached hydrogens (tertiary/aromatic N) is 1. The highest BCUT2D eigenvalue weighted by Crippen LogP contribution is 2.21. The number of amides is 2. The Hall–Kier alpha value is -1.69. The van der Waals surface area contributed by atoms with Crippen LogP contribution in [0.4, 0.5) is 0 Å². The minimum atomic E-state index is -0.604. The van der Waals surface area contributed by atoms with Crippen LogP contribution in [0.1, 0.15) is 31.9 Å². The van der Waals surface area contributed by atoms with Crippen LogP contribution in [0.3, 0.4) is 0 Å². The first-order valence-electron chi connectivity index (χ1n) is 9.43. The molecule has 7 heteroatoms. The topological polar surface area (TPSA) is 49.4 Å². The van der Waals surface area contributed by atoms with Crippen molar-refractivity contribution in [2.24, 2.45) is 0 Å². The summed E-state index contributed by atoms with van der Waals surface area (Å²) in [5, 5.41) is 4.13. The molecule has 2 amide bonds. The normalized spacial score (nSPS) is 11.9. The van der Waals surface area contributed by atoms with Gasteiger partial charge in [0.2, 0.25) is 11.8 Å². The minimum absolute atomic E-state index is 0.000538. The molecule has 4 nitrogen and oxygen atoms in total. The van der Waals surface area contributed by atoms with Crippen molar-refractivity contribution in [3.8, 4) is 0 Å². The maximum Gasteiger partial charge on any atom is 0.242 e. The number of carbonyl (C=O) groups excluding carboxylic acids is 2. The third-order valence-electron chi connectivity index (χ3n) is 4.28. The van der Waals surface area contributed by atoms with Gasteiger partial charge in [-0.15, -0.1) is 11.8 Å². The van der Waals surface area contributed by atoms with Crippen LogP contribution in [0, 0.1) is 0 Å². The maximum absolute atomic E-state index is 13.0. The first kappa shape index (κ1) is 23.6. The quantitative estimate of drug-likeness (QED) is 0.570. The molecular weight excluding hydrogens is 427 g/mol. The number of benzene rings is 2. The molecule has 0 saturated heterocycles. The standard InChI is InChI=1S/C22H26Cl2N2O2S/c1-15(2)25-22(28)16(3)26(12-18-8-4-5-10-20(18)24)21(27)14-29-13-17-7-6-9-19(23)11-17/h4-11,15-16H,12-14H2,1-3H3,(H,25,28)/t16-/m0/s1. The lowest BCUT2D eigenvalue weighted by Gasteiger charge is -2.29. The second kappa shape index (κ2) is 11.5. The Kier molecular flexibility index (Phi) is 9.34. The molecule has 0 aliphatic carbocycles. The molecule has 2 aromatic rings. The predicted octanol–water partition coefficient (Wildman–Crippen LogP) is 5.17. The predicted molar refractivity (Wildman–Crippen MR) is 122 cm³/mol. The van der Waals surface area contributed by atoms with Gasteiger partial charge in [-0.25, -0.2) is 0 Å². The second-order valence-corrected chi connectivity index (χ2v) is 8.90. The molecule has 1 N–H and O–H groups in total. The number of halogens is 2. The summed E-state index contributed by atoms with van der Waals surface area (Å²) in [4.78, 5) is 27.1. The fraction of sp³-hybridized carbons (Fsp3) is 0.364. The summed E-state index contributed by atoms with van der Waals surface area (Å²) < 4.78 is 0. The summed E-state index contributed by atoms with van der Waals surface area (Å²) in [5.74, 6) is 0.637. The van der Waals surface area contributed by atoms with Crippen LogP contribution in [-0.4, -0.2) is 34.6 Å². The first-order valence-corrected chi connectivity index (χ1v) is 11.3. The third kappa shape index (κ3) is 7.57. The second-order valence-electron chi connectivity index (χ2n) is 7.08. The number of hydrogen-bond donors (Lipinski definition) is 1. The molecule has 29 heavy (non-hydrogen) atoms. The molecule has 0 aliphatic heterocycles. The zero-order valence-electron chi connectivity index (χ0n) is 16.8. The van der Waals surface area contributed by atoms with Gasteiger partial charge in [0, 0.05) is 28.4 Å². The number of thioether (sulfide) groups is 1. The van der Waals surface area contributed by atoms with E-state index in [9.17, 15) is 9.59 Å².